The molecule has 3 rings (SSSR count). The van der Waals surface area contributed by atoms with E-state index in [2.05, 4.69) is 17.6 Å². The quantitative estimate of drug-likeness (QED) is 0.698. The fourth-order valence-electron chi connectivity index (χ4n) is 4.10. The SMILES string of the molecule is CCCCOc1ccc(CNC(=O)C2CC3CCCCC3N2)cc1OC. The minimum atomic E-state index is -0.0401. The van der Waals surface area contributed by atoms with Crippen LogP contribution in [0.25, 0.3) is 0 Å². The lowest BCUT2D eigenvalue weighted by Crippen LogP contribution is -2.42. The van der Waals surface area contributed by atoms with E-state index in [0.717, 1.165) is 36.3 Å². The molecule has 26 heavy (non-hydrogen) atoms. The molecule has 1 aliphatic carbocycles. The number of fused-ring (bicyclic) bond motifs is 1. The number of unbranched alkanes of at least 4 members (excludes halogenated alkanes) is 1. The summed E-state index contributed by atoms with van der Waals surface area (Å²) in [6, 6.07) is 6.37. The van der Waals surface area contributed by atoms with Gasteiger partial charge in [0.25, 0.3) is 0 Å². The van der Waals surface area contributed by atoms with Crippen molar-refractivity contribution in [1.29, 1.82) is 0 Å². The van der Waals surface area contributed by atoms with Crippen molar-refractivity contribution in [3.63, 3.8) is 0 Å². The Hall–Kier alpha value is -1.75. The van der Waals surface area contributed by atoms with Crippen molar-refractivity contribution in [2.45, 2.75) is 70.5 Å². The number of benzene rings is 1. The summed E-state index contributed by atoms with van der Waals surface area (Å²) in [6.07, 6.45) is 8.17. The van der Waals surface area contributed by atoms with Crippen LogP contribution in [0.5, 0.6) is 11.5 Å². The van der Waals surface area contributed by atoms with Gasteiger partial charge in [0.2, 0.25) is 5.91 Å². The Morgan fingerprint density at radius 3 is 2.88 bits per heavy atom. The van der Waals surface area contributed by atoms with Gasteiger partial charge in [-0.2, -0.15) is 0 Å². The Morgan fingerprint density at radius 2 is 2.12 bits per heavy atom. The second kappa shape index (κ2) is 9.26. The van der Waals surface area contributed by atoms with Crippen LogP contribution in [-0.2, 0) is 11.3 Å². The number of methoxy groups -OCH3 is 1. The molecule has 5 heteroatoms. The largest absolute Gasteiger partial charge is 0.493 e. The molecule has 0 aromatic heterocycles. The van der Waals surface area contributed by atoms with Gasteiger partial charge in [-0.15, -0.1) is 0 Å². The first-order chi connectivity index (χ1) is 12.7. The van der Waals surface area contributed by atoms with Crippen LogP contribution in [0, 0.1) is 5.92 Å². The van der Waals surface area contributed by atoms with E-state index in [1.54, 1.807) is 7.11 Å². The van der Waals surface area contributed by atoms with Crippen LogP contribution in [0.15, 0.2) is 18.2 Å². The van der Waals surface area contributed by atoms with Gasteiger partial charge >= 0.3 is 0 Å². The predicted molar refractivity (Wildman–Crippen MR) is 103 cm³/mol. The Kier molecular flexibility index (Phi) is 6.78. The third-order valence-corrected chi connectivity index (χ3v) is 5.63. The highest BCUT2D eigenvalue weighted by Gasteiger charge is 2.37. The van der Waals surface area contributed by atoms with Crippen molar-refractivity contribution in [3.05, 3.63) is 23.8 Å². The highest BCUT2D eigenvalue weighted by molar-refractivity contribution is 5.82. The smallest absolute Gasteiger partial charge is 0.237 e. The molecule has 3 atom stereocenters. The maximum atomic E-state index is 12.5. The van der Waals surface area contributed by atoms with Crippen LogP contribution in [-0.4, -0.2) is 31.7 Å². The lowest BCUT2D eigenvalue weighted by Gasteiger charge is -2.24. The van der Waals surface area contributed by atoms with E-state index in [9.17, 15) is 4.79 Å². The van der Waals surface area contributed by atoms with Crippen molar-refractivity contribution in [2.75, 3.05) is 13.7 Å². The number of hydrogen-bond donors (Lipinski definition) is 2. The number of nitrogens with one attached hydrogen (secondary N) is 2. The Morgan fingerprint density at radius 1 is 1.27 bits per heavy atom. The van der Waals surface area contributed by atoms with Crippen molar-refractivity contribution in [3.8, 4) is 11.5 Å². The van der Waals surface area contributed by atoms with E-state index in [0.29, 0.717) is 25.1 Å². The van der Waals surface area contributed by atoms with Gasteiger partial charge in [-0.1, -0.05) is 32.3 Å². The first kappa shape index (κ1) is 19.0. The molecule has 3 unspecified atom stereocenters. The summed E-state index contributed by atoms with van der Waals surface area (Å²) < 4.78 is 11.2. The minimum absolute atomic E-state index is 0.0401. The van der Waals surface area contributed by atoms with Crippen LogP contribution in [0.2, 0.25) is 0 Å². The van der Waals surface area contributed by atoms with E-state index in [1.807, 2.05) is 18.2 Å². The summed E-state index contributed by atoms with van der Waals surface area (Å²) in [6.45, 7) is 3.34. The molecule has 2 N–H and O–H groups in total. The normalized spacial score (nSPS) is 24.8. The fraction of sp³-hybridized carbons (Fsp3) is 0.667. The Labute approximate surface area is 156 Å². The monoisotopic (exact) mass is 360 g/mol. The fourth-order valence-corrected chi connectivity index (χ4v) is 4.10. The van der Waals surface area contributed by atoms with Crippen molar-refractivity contribution in [1.82, 2.24) is 10.6 Å². The molecule has 0 spiro atoms. The van der Waals surface area contributed by atoms with Gasteiger partial charge in [0, 0.05) is 12.6 Å². The highest BCUT2D eigenvalue weighted by Crippen LogP contribution is 2.33. The second-order valence-corrected chi connectivity index (χ2v) is 7.51. The van der Waals surface area contributed by atoms with Crippen LogP contribution in [0.3, 0.4) is 0 Å². The summed E-state index contributed by atoms with van der Waals surface area (Å²) in [5, 5.41) is 6.61. The summed E-state index contributed by atoms with van der Waals surface area (Å²) in [7, 11) is 1.65. The van der Waals surface area contributed by atoms with Crippen LogP contribution >= 0.6 is 0 Å². The van der Waals surface area contributed by atoms with E-state index in [-0.39, 0.29) is 11.9 Å². The summed E-state index contributed by atoms with van der Waals surface area (Å²) in [5.41, 5.74) is 1.02. The van der Waals surface area contributed by atoms with Gasteiger partial charge in [0.05, 0.1) is 19.8 Å². The number of amides is 1. The van der Waals surface area contributed by atoms with Gasteiger partial charge in [-0.05, 0) is 49.3 Å². The minimum Gasteiger partial charge on any atom is -0.493 e. The summed E-state index contributed by atoms with van der Waals surface area (Å²) in [5.74, 6) is 2.27. The van der Waals surface area contributed by atoms with E-state index < -0.39 is 0 Å². The molecule has 144 valence electrons. The third-order valence-electron chi connectivity index (χ3n) is 5.63. The van der Waals surface area contributed by atoms with Crippen LogP contribution in [0.1, 0.15) is 57.4 Å². The molecule has 1 aliphatic heterocycles. The number of ether oxygens (including phenoxy) is 2. The predicted octanol–water partition coefficient (Wildman–Crippen LogP) is 3.41. The zero-order valence-electron chi connectivity index (χ0n) is 16.1. The topological polar surface area (TPSA) is 59.6 Å². The van der Waals surface area contributed by atoms with Gasteiger partial charge in [0.1, 0.15) is 0 Å². The first-order valence-electron chi connectivity index (χ1n) is 10.0. The lowest BCUT2D eigenvalue weighted by atomic mass is 9.85. The molecule has 2 aliphatic rings. The second-order valence-electron chi connectivity index (χ2n) is 7.51. The van der Waals surface area contributed by atoms with Gasteiger partial charge in [-0.3, -0.25) is 4.79 Å². The van der Waals surface area contributed by atoms with Gasteiger partial charge < -0.3 is 20.1 Å². The first-order valence-corrected chi connectivity index (χ1v) is 10.0. The van der Waals surface area contributed by atoms with E-state index in [1.165, 1.54) is 25.7 Å². The van der Waals surface area contributed by atoms with Gasteiger partial charge in [-0.25, -0.2) is 0 Å². The molecular weight excluding hydrogens is 328 g/mol. The van der Waals surface area contributed by atoms with E-state index >= 15 is 0 Å². The maximum absolute atomic E-state index is 12.5. The zero-order valence-corrected chi connectivity index (χ0v) is 16.1. The third kappa shape index (κ3) is 4.70. The summed E-state index contributed by atoms with van der Waals surface area (Å²) in [4.78, 5) is 12.5. The van der Waals surface area contributed by atoms with E-state index in [4.69, 9.17) is 9.47 Å². The average Bonchev–Trinajstić information content (AvgIpc) is 3.11. The lowest BCUT2D eigenvalue weighted by molar-refractivity contribution is -0.123. The van der Waals surface area contributed by atoms with Crippen molar-refractivity contribution in [2.24, 2.45) is 5.92 Å². The molecule has 0 radical (unpaired) electrons. The number of carbonyl (C=O) groups excluding carboxylic acids is 1. The molecule has 2 fully saturated rings. The number of carbonyl (C=O) groups is 1. The zero-order chi connectivity index (χ0) is 18.4. The summed E-state index contributed by atoms with van der Waals surface area (Å²) >= 11 is 0. The molecular formula is C21H32N2O3. The molecule has 5 nitrogen and oxygen atoms in total. The Bertz CT molecular complexity index is 591. The number of rotatable bonds is 8. The molecule has 1 aromatic rings. The molecule has 1 saturated carbocycles. The van der Waals surface area contributed by atoms with Crippen LogP contribution in [0.4, 0.5) is 0 Å². The molecule has 1 saturated heterocycles. The molecule has 1 heterocycles. The molecule has 0 bridgehead atoms. The molecule has 1 amide bonds. The standard InChI is InChI=1S/C21H32N2O3/c1-3-4-11-26-19-10-9-15(12-20(19)25-2)14-22-21(24)18-13-16-7-5-6-8-17(16)23-18/h9-10,12,16-18,23H,3-8,11,13-14H2,1-2H3,(H,22,24). The van der Waals surface area contributed by atoms with Crippen molar-refractivity contribution < 1.29 is 14.3 Å². The van der Waals surface area contributed by atoms with Gasteiger partial charge in [0.15, 0.2) is 11.5 Å². The van der Waals surface area contributed by atoms with Crippen molar-refractivity contribution >= 4 is 5.91 Å². The average molecular weight is 360 g/mol. The van der Waals surface area contributed by atoms with Crippen LogP contribution < -0.4 is 20.1 Å². The maximum Gasteiger partial charge on any atom is 0.237 e. The molecule has 1 aromatic carbocycles. The Balaban J connectivity index is 1.51. The number of hydrogen-bond acceptors (Lipinski definition) is 4. The highest BCUT2D eigenvalue weighted by atomic mass is 16.5.